The highest BCUT2D eigenvalue weighted by Crippen LogP contribution is 2.62. The van der Waals surface area contributed by atoms with E-state index >= 15 is 0 Å². The third-order valence-electron chi connectivity index (χ3n) is 14.5. The predicted octanol–water partition coefficient (Wildman–Crippen LogP) is 7.67. The van der Waals surface area contributed by atoms with E-state index in [4.69, 9.17) is 5.73 Å². The van der Waals surface area contributed by atoms with E-state index in [1.165, 1.54) is 79.5 Å². The van der Waals surface area contributed by atoms with Crippen molar-refractivity contribution in [3.05, 3.63) is 131 Å². The van der Waals surface area contributed by atoms with E-state index in [0.717, 1.165) is 31.8 Å². The van der Waals surface area contributed by atoms with Crippen LogP contribution >= 0.6 is 29.9 Å². The van der Waals surface area contributed by atoms with E-state index in [1.807, 2.05) is 22.6 Å². The Kier molecular flexibility index (Phi) is 16.0. The largest absolute Gasteiger partial charge is 0.508 e. The zero-order valence-corrected chi connectivity index (χ0v) is 42.1. The summed E-state index contributed by atoms with van der Waals surface area (Å²) < 4.78 is -1.68. The van der Waals surface area contributed by atoms with Crippen molar-refractivity contribution in [2.45, 2.75) is 111 Å². The van der Waals surface area contributed by atoms with Gasteiger partial charge in [-0.1, -0.05) is 142 Å². The van der Waals surface area contributed by atoms with Gasteiger partial charge in [0, 0.05) is 12.3 Å². The van der Waals surface area contributed by atoms with Crippen LogP contribution in [-0.4, -0.2) is 95.2 Å². The molecule has 0 saturated heterocycles. The molecule has 6 atom stereocenters. The summed E-state index contributed by atoms with van der Waals surface area (Å²) in [4.78, 5) is 54.8. The summed E-state index contributed by atoms with van der Waals surface area (Å²) in [5.41, 5.74) is 1.04. The van der Waals surface area contributed by atoms with Crippen molar-refractivity contribution < 1.29 is 44.7 Å². The molecule has 0 spiro atoms. The van der Waals surface area contributed by atoms with Crippen LogP contribution in [0.2, 0.25) is 0 Å². The zero-order chi connectivity index (χ0) is 49.0. The van der Waals surface area contributed by atoms with Gasteiger partial charge in [0.05, 0.1) is 44.5 Å². The number of nitrogens with zero attached hydrogens (tertiary/aromatic N) is 1. The molecule has 12 nitrogen and oxygen atoms in total. The first kappa shape index (κ1) is 50.9. The number of carbonyl (C=O) groups excluding carboxylic acids is 4. The second-order valence-corrected chi connectivity index (χ2v) is 24.2. The molecule has 3 aliphatic carbocycles. The molecule has 1 saturated carbocycles. The number of carbonyl (C=O) groups is 4. The van der Waals surface area contributed by atoms with Crippen molar-refractivity contribution in [1.29, 1.82) is 0 Å². The number of aromatic hydroxyl groups is 1. The molecule has 8 N–H and O–H groups in total. The number of nitrogens with one attached hydrogen (secondary N) is 1. The SMILES string of the molecule is C[C@H]1c2ccc(NC(=O)CCCCCCCCCCCCC[P+](c3ccccc3)(c3ccccc3)c3ccccc3)c(O)c2C(O)=C2C(=O)[C@]3(O)C(O)=C(C(N)=O)C(=O)[C@@H](N(C)C)[C@@H]3[C@@H](O)[C@@]21I. The molecule has 0 heterocycles. The minimum absolute atomic E-state index is 0.00582. The highest BCUT2D eigenvalue weighted by molar-refractivity contribution is 14.1. The summed E-state index contributed by atoms with van der Waals surface area (Å²) in [5, 5.41) is 65.7. The molecule has 4 aromatic rings. The predicted molar refractivity (Wildman–Crippen MR) is 278 cm³/mol. The zero-order valence-electron chi connectivity index (χ0n) is 39.0. The number of benzene rings is 4. The summed E-state index contributed by atoms with van der Waals surface area (Å²) >= 11 is 1.82. The molecule has 2 amide bonds. The van der Waals surface area contributed by atoms with Crippen molar-refractivity contribution in [3.8, 4) is 5.75 Å². The number of primary amides is 1. The van der Waals surface area contributed by atoms with Gasteiger partial charge in [-0.3, -0.25) is 24.1 Å². The first-order valence-electron chi connectivity index (χ1n) is 23.8. The minimum Gasteiger partial charge on any atom is -0.508 e. The van der Waals surface area contributed by atoms with E-state index in [0.29, 0.717) is 12.0 Å². The van der Waals surface area contributed by atoms with Gasteiger partial charge in [-0.25, -0.2) is 0 Å². The Morgan fingerprint density at radius 1 is 0.735 bits per heavy atom. The molecule has 360 valence electrons. The van der Waals surface area contributed by atoms with Gasteiger partial charge in [0.2, 0.25) is 11.7 Å². The summed E-state index contributed by atoms with van der Waals surface area (Å²) in [6, 6.07) is 34.8. The Morgan fingerprint density at radius 2 is 1.21 bits per heavy atom. The maximum atomic E-state index is 14.5. The highest BCUT2D eigenvalue weighted by atomic mass is 127. The van der Waals surface area contributed by atoms with Crippen LogP contribution in [0, 0.1) is 5.92 Å². The smallest absolute Gasteiger partial charge is 0.255 e. The fraction of sp³-hybridized carbons (Fsp3) is 0.407. The Balaban J connectivity index is 0.887. The lowest BCUT2D eigenvalue weighted by molar-refractivity contribution is -0.166. The van der Waals surface area contributed by atoms with Crippen LogP contribution in [-0.2, 0) is 19.2 Å². The van der Waals surface area contributed by atoms with Crippen molar-refractivity contribution >= 4 is 80.6 Å². The van der Waals surface area contributed by atoms with Crippen LogP contribution in [0.25, 0.3) is 5.76 Å². The Hall–Kier alpha value is -4.92. The number of phenols is 1. The third kappa shape index (κ3) is 9.17. The molecule has 0 bridgehead atoms. The summed E-state index contributed by atoms with van der Waals surface area (Å²) in [5.74, 6) is -9.06. The average Bonchev–Trinajstić information content (AvgIpc) is 3.32. The minimum atomic E-state index is -3.03. The number of hydrogen-bond acceptors (Lipinski definition) is 10. The molecule has 0 aromatic heterocycles. The van der Waals surface area contributed by atoms with Gasteiger partial charge in [0.15, 0.2) is 11.4 Å². The number of hydrogen-bond donors (Lipinski definition) is 7. The number of Topliss-reactive ketones (excluding diaryl/α,β-unsaturated/α-hetero) is 2. The van der Waals surface area contributed by atoms with Crippen molar-refractivity contribution in [3.63, 3.8) is 0 Å². The van der Waals surface area contributed by atoms with Gasteiger partial charge in [-0.05, 0) is 81.4 Å². The molecular weight excluding hydrogens is 992 g/mol. The van der Waals surface area contributed by atoms with E-state index in [9.17, 15) is 44.7 Å². The molecular formula is C54H64IN3O9P+. The number of nitrogens with two attached hydrogens (primary N) is 1. The second kappa shape index (κ2) is 21.4. The number of aliphatic hydroxyl groups excluding tert-OH is 3. The molecule has 0 radical (unpaired) electrons. The van der Waals surface area contributed by atoms with Crippen LogP contribution in [0.3, 0.4) is 0 Å². The lowest BCUT2D eigenvalue weighted by atomic mass is 9.54. The number of aliphatic hydroxyl groups is 4. The third-order valence-corrected chi connectivity index (χ3v) is 21.1. The number of anilines is 1. The number of alkyl halides is 1. The van der Waals surface area contributed by atoms with E-state index < -0.39 is 86.2 Å². The van der Waals surface area contributed by atoms with Gasteiger partial charge < -0.3 is 36.6 Å². The number of phenolic OH excluding ortho intramolecular Hbond substituents is 1. The summed E-state index contributed by atoms with van der Waals surface area (Å²) in [6.07, 6.45) is 11.5. The van der Waals surface area contributed by atoms with Gasteiger partial charge >= 0.3 is 0 Å². The maximum absolute atomic E-state index is 14.5. The molecule has 4 aromatic carbocycles. The Bertz CT molecular complexity index is 2480. The monoisotopic (exact) mass is 1060 g/mol. The van der Waals surface area contributed by atoms with Gasteiger partial charge in [-0.15, -0.1) is 0 Å². The first-order valence-corrected chi connectivity index (χ1v) is 26.8. The summed E-state index contributed by atoms with van der Waals surface area (Å²) in [7, 11) is 1.12. The number of ketones is 2. The van der Waals surface area contributed by atoms with Crippen LogP contribution in [0.5, 0.6) is 5.75 Å². The fourth-order valence-electron chi connectivity index (χ4n) is 11.0. The van der Waals surface area contributed by atoms with E-state index in [2.05, 4.69) is 96.3 Å². The number of halogens is 1. The van der Waals surface area contributed by atoms with Crippen molar-refractivity contribution in [1.82, 2.24) is 4.90 Å². The highest BCUT2D eigenvalue weighted by Gasteiger charge is 2.72. The summed E-state index contributed by atoms with van der Waals surface area (Å²) in [6.45, 7) is 1.66. The van der Waals surface area contributed by atoms with Gasteiger partial charge in [-0.2, -0.15) is 0 Å². The molecule has 7 rings (SSSR count). The maximum Gasteiger partial charge on any atom is 0.255 e. The number of unbranched alkanes of at least 4 members (excludes halogenated alkanes) is 10. The van der Waals surface area contributed by atoms with Gasteiger partial charge in [0.25, 0.3) is 5.91 Å². The van der Waals surface area contributed by atoms with Crippen molar-refractivity contribution in [2.75, 3.05) is 25.6 Å². The quantitative estimate of drug-likeness (QED) is 0.0115. The second-order valence-electron chi connectivity index (χ2n) is 18.8. The molecule has 3 aliphatic rings. The van der Waals surface area contributed by atoms with Crippen LogP contribution in [0.4, 0.5) is 5.69 Å². The van der Waals surface area contributed by atoms with Crippen LogP contribution in [0.15, 0.2) is 120 Å². The molecule has 68 heavy (non-hydrogen) atoms. The van der Waals surface area contributed by atoms with Crippen molar-refractivity contribution in [2.24, 2.45) is 11.7 Å². The van der Waals surface area contributed by atoms with E-state index in [-0.39, 0.29) is 23.6 Å². The Labute approximate surface area is 413 Å². The number of rotatable bonds is 20. The fourth-order valence-corrected chi connectivity index (χ4v) is 16.6. The normalized spacial score (nSPS) is 23.6. The first-order chi connectivity index (χ1) is 32.5. The molecule has 14 heteroatoms. The van der Waals surface area contributed by atoms with Crippen LogP contribution in [0.1, 0.15) is 101 Å². The average molecular weight is 1060 g/mol. The van der Waals surface area contributed by atoms with E-state index in [1.54, 1.807) is 13.0 Å². The Morgan fingerprint density at radius 3 is 1.68 bits per heavy atom. The number of amides is 2. The lowest BCUT2D eigenvalue weighted by Crippen LogP contribution is -2.73. The lowest BCUT2D eigenvalue weighted by Gasteiger charge is -2.57. The molecule has 0 unspecified atom stereocenters. The van der Waals surface area contributed by atoms with Crippen LogP contribution < -0.4 is 27.0 Å². The number of fused-ring (bicyclic) bond motifs is 3. The molecule has 1 fully saturated rings. The molecule has 0 aliphatic heterocycles. The number of likely N-dealkylation sites (N-methyl/N-ethyl adjacent to an activating group) is 1. The van der Waals surface area contributed by atoms with Gasteiger partial charge in [0.1, 0.15) is 46.0 Å². The standard InChI is InChI=1S/C54H63IN3O9P/c1-34-38-31-32-39(46(60)41(38)47(61)44-51(65)54(67)43(50(64)53(34,44)55)45(58(2)3)48(62)42(49(54)63)52(56)66)57-40(59)30-22-11-9-7-5-4-6-8-10-12-23-33-68(35-24-16-13-17-25-35,36-26-18-14-19-27-36)37-28-20-15-21-29-37/h13-21,24-29,31-32,34,43,45,50,64,67H,4-12,22-23,30,33H2,1-3H3,(H5-,56,57,59,60,61,62,63,65,66)/p+1/t34-,43+,45-,50+,53-,54+/m0/s1. The topological polar surface area (TPSA) is 211 Å².